The molecule has 2 N–H and O–H groups in total. The molecule has 5 rings (SSSR count). The zero-order valence-corrected chi connectivity index (χ0v) is 19.2. The van der Waals surface area contributed by atoms with E-state index in [9.17, 15) is 0 Å². The molecule has 0 amide bonds. The molecule has 0 atom stereocenters. The van der Waals surface area contributed by atoms with Crippen LogP contribution in [0.15, 0.2) is 119 Å². The Bertz CT molecular complexity index is 1490. The van der Waals surface area contributed by atoms with Crippen molar-refractivity contribution >= 4 is 28.1 Å². The van der Waals surface area contributed by atoms with Crippen LogP contribution in [0.5, 0.6) is 0 Å². The lowest BCUT2D eigenvalue weighted by atomic mass is 9.99. The van der Waals surface area contributed by atoms with Gasteiger partial charge < -0.3 is 10.2 Å². The summed E-state index contributed by atoms with van der Waals surface area (Å²) >= 11 is 0. The van der Waals surface area contributed by atoms with Crippen molar-refractivity contribution in [3.8, 4) is 11.1 Å². The molecule has 0 aliphatic heterocycles. The Morgan fingerprint density at radius 1 is 0.794 bits per heavy atom. The van der Waals surface area contributed by atoms with Gasteiger partial charge in [0.05, 0.1) is 11.4 Å². The lowest BCUT2D eigenvalue weighted by Crippen LogP contribution is -2.06. The molecule has 0 saturated heterocycles. The largest absolute Gasteiger partial charge is 0.452 e. The van der Waals surface area contributed by atoms with Crippen LogP contribution in [0, 0.1) is 0 Å². The van der Waals surface area contributed by atoms with E-state index >= 15 is 0 Å². The zero-order chi connectivity index (χ0) is 23.5. The minimum Gasteiger partial charge on any atom is -0.452 e. The number of fused-ring (bicyclic) bond motifs is 1. The number of nitrogens with zero attached hydrogens (tertiary/aromatic N) is 1. The topological polar surface area (TPSA) is 51.5 Å². The summed E-state index contributed by atoms with van der Waals surface area (Å²) in [6.45, 7) is 6.41. The normalized spacial score (nSPS) is 11.6. The summed E-state index contributed by atoms with van der Waals surface area (Å²) in [6.07, 6.45) is 0.989. The molecule has 0 fully saturated rings. The van der Waals surface area contributed by atoms with Crippen LogP contribution in [0.25, 0.3) is 27.8 Å². The van der Waals surface area contributed by atoms with E-state index in [2.05, 4.69) is 62.0 Å². The van der Waals surface area contributed by atoms with Gasteiger partial charge in [0.25, 0.3) is 0 Å². The van der Waals surface area contributed by atoms with Gasteiger partial charge in [-0.05, 0) is 46.9 Å². The van der Waals surface area contributed by atoms with Gasteiger partial charge in [-0.3, -0.25) is 0 Å². The van der Waals surface area contributed by atoms with Gasteiger partial charge in [0.2, 0.25) is 0 Å². The van der Waals surface area contributed by atoms with E-state index in [1.54, 1.807) is 0 Å². The Balaban J connectivity index is 1.66. The monoisotopic (exact) mass is 442 g/mol. The quantitative estimate of drug-likeness (QED) is 0.273. The van der Waals surface area contributed by atoms with E-state index in [1.807, 2.05) is 54.6 Å². The van der Waals surface area contributed by atoms with Crippen LogP contribution in [-0.4, -0.2) is 5.71 Å². The Morgan fingerprint density at radius 3 is 2.24 bits per heavy atom. The highest BCUT2D eigenvalue weighted by Gasteiger charge is 2.19. The van der Waals surface area contributed by atoms with Crippen molar-refractivity contribution in [2.24, 2.45) is 4.99 Å². The fourth-order valence-electron chi connectivity index (χ4n) is 4.10. The standard InChI is InChI=1S/C31H26N2O/c1-3-22-16-18-23(19-17-22)21(2)33-30(31-29(32)27-14-7-8-15-28(27)34-31)26-13-9-12-25(20-26)24-10-5-4-6-11-24/h4-20H,2-3,32H2,1H3. The number of furan rings is 1. The first-order chi connectivity index (χ1) is 16.6. The summed E-state index contributed by atoms with van der Waals surface area (Å²) in [7, 11) is 0. The van der Waals surface area contributed by atoms with Gasteiger partial charge in [-0.25, -0.2) is 4.99 Å². The molecular weight excluding hydrogens is 416 g/mol. The van der Waals surface area contributed by atoms with Gasteiger partial charge in [0.1, 0.15) is 11.3 Å². The number of hydrogen-bond donors (Lipinski definition) is 1. The first-order valence-electron chi connectivity index (χ1n) is 11.4. The molecule has 3 heteroatoms. The molecule has 166 valence electrons. The number of para-hydroxylation sites is 1. The third kappa shape index (κ3) is 4.16. The molecule has 4 aromatic carbocycles. The smallest absolute Gasteiger partial charge is 0.177 e. The van der Waals surface area contributed by atoms with Gasteiger partial charge in [0, 0.05) is 10.9 Å². The van der Waals surface area contributed by atoms with Crippen molar-refractivity contribution in [1.29, 1.82) is 0 Å². The second-order valence-electron chi connectivity index (χ2n) is 8.25. The van der Waals surface area contributed by atoms with Crippen LogP contribution in [0.3, 0.4) is 0 Å². The van der Waals surface area contributed by atoms with Gasteiger partial charge in [-0.1, -0.05) is 98.4 Å². The summed E-state index contributed by atoms with van der Waals surface area (Å²) in [5.41, 5.74) is 14.6. The van der Waals surface area contributed by atoms with Crippen LogP contribution >= 0.6 is 0 Å². The number of aryl methyl sites for hydroxylation is 1. The maximum absolute atomic E-state index is 6.57. The minimum absolute atomic E-state index is 0.553. The predicted octanol–water partition coefficient (Wildman–Crippen LogP) is 7.75. The van der Waals surface area contributed by atoms with E-state index in [0.29, 0.717) is 22.9 Å². The summed E-state index contributed by atoms with van der Waals surface area (Å²) in [5.74, 6) is 0.553. The second-order valence-corrected chi connectivity index (χ2v) is 8.25. The summed E-state index contributed by atoms with van der Waals surface area (Å²) < 4.78 is 6.24. The second kappa shape index (κ2) is 9.24. The first kappa shape index (κ1) is 21.5. The number of anilines is 1. The highest BCUT2D eigenvalue weighted by Crippen LogP contribution is 2.32. The lowest BCUT2D eigenvalue weighted by Gasteiger charge is -2.10. The number of rotatable bonds is 6. The van der Waals surface area contributed by atoms with Crippen LogP contribution in [0.1, 0.15) is 29.4 Å². The van der Waals surface area contributed by atoms with E-state index in [4.69, 9.17) is 15.1 Å². The zero-order valence-electron chi connectivity index (χ0n) is 19.2. The Morgan fingerprint density at radius 2 is 1.50 bits per heavy atom. The van der Waals surface area contributed by atoms with Crippen LogP contribution in [-0.2, 0) is 6.42 Å². The lowest BCUT2D eigenvalue weighted by molar-refractivity contribution is 0.607. The third-order valence-corrected chi connectivity index (χ3v) is 6.03. The van der Waals surface area contributed by atoms with Crippen molar-refractivity contribution < 1.29 is 4.42 Å². The minimum atomic E-state index is 0.553. The van der Waals surface area contributed by atoms with E-state index in [-0.39, 0.29) is 0 Å². The molecule has 0 radical (unpaired) electrons. The molecular formula is C31H26N2O. The molecule has 1 heterocycles. The van der Waals surface area contributed by atoms with Crippen LogP contribution in [0.4, 0.5) is 5.69 Å². The number of nitrogen functional groups attached to an aromatic ring is 1. The molecule has 0 spiro atoms. The number of nitrogens with two attached hydrogens (primary N) is 1. The van der Waals surface area contributed by atoms with Crippen molar-refractivity contribution in [3.63, 3.8) is 0 Å². The molecule has 0 aliphatic rings. The Labute approximate surface area is 199 Å². The molecule has 34 heavy (non-hydrogen) atoms. The molecule has 0 unspecified atom stereocenters. The molecule has 0 saturated carbocycles. The Hall–Kier alpha value is -4.37. The summed E-state index contributed by atoms with van der Waals surface area (Å²) in [5, 5.41) is 0.877. The van der Waals surface area contributed by atoms with Crippen LogP contribution < -0.4 is 5.73 Å². The van der Waals surface area contributed by atoms with E-state index in [1.165, 1.54) is 5.56 Å². The average Bonchev–Trinajstić information content (AvgIpc) is 3.24. The SMILES string of the molecule is C=C(N=C(c1cccc(-c2ccccc2)c1)c1oc2ccccc2c1N)c1ccc(CC)cc1. The molecule has 5 aromatic rings. The summed E-state index contributed by atoms with van der Waals surface area (Å²) in [4.78, 5) is 4.98. The first-order valence-corrected chi connectivity index (χ1v) is 11.4. The molecule has 0 bridgehead atoms. The fraction of sp³-hybridized carbons (Fsp3) is 0.0645. The van der Waals surface area contributed by atoms with Crippen molar-refractivity contribution in [1.82, 2.24) is 0 Å². The highest BCUT2D eigenvalue weighted by atomic mass is 16.3. The number of benzene rings is 4. The molecule has 1 aromatic heterocycles. The fourth-order valence-corrected chi connectivity index (χ4v) is 4.10. The maximum Gasteiger partial charge on any atom is 0.177 e. The number of hydrogen-bond acceptors (Lipinski definition) is 3. The van der Waals surface area contributed by atoms with Crippen molar-refractivity contribution in [3.05, 3.63) is 132 Å². The van der Waals surface area contributed by atoms with Crippen molar-refractivity contribution in [2.75, 3.05) is 5.73 Å². The van der Waals surface area contributed by atoms with Gasteiger partial charge in [-0.15, -0.1) is 0 Å². The van der Waals surface area contributed by atoms with E-state index < -0.39 is 0 Å². The maximum atomic E-state index is 6.57. The summed E-state index contributed by atoms with van der Waals surface area (Å²) in [6, 6.07) is 34.7. The third-order valence-electron chi connectivity index (χ3n) is 6.03. The van der Waals surface area contributed by atoms with Crippen LogP contribution in [0.2, 0.25) is 0 Å². The highest BCUT2D eigenvalue weighted by molar-refractivity contribution is 6.19. The van der Waals surface area contributed by atoms with Crippen molar-refractivity contribution in [2.45, 2.75) is 13.3 Å². The molecule has 3 nitrogen and oxygen atoms in total. The number of aliphatic imine (C=N–C) groups is 1. The van der Waals surface area contributed by atoms with Gasteiger partial charge >= 0.3 is 0 Å². The van der Waals surface area contributed by atoms with E-state index in [0.717, 1.165) is 39.6 Å². The van der Waals surface area contributed by atoms with Gasteiger partial charge in [-0.2, -0.15) is 0 Å². The van der Waals surface area contributed by atoms with Gasteiger partial charge in [0.15, 0.2) is 5.76 Å². The predicted molar refractivity (Wildman–Crippen MR) is 143 cm³/mol. The molecule has 0 aliphatic carbocycles. The Kier molecular flexibility index (Phi) is 5.84. The average molecular weight is 443 g/mol.